The second-order valence-corrected chi connectivity index (χ2v) is 8.70. The number of hydrogen-bond donors (Lipinski definition) is 0. The van der Waals surface area contributed by atoms with E-state index in [-0.39, 0.29) is 29.7 Å². The number of rotatable bonds is 4. The monoisotopic (exact) mass is 401 g/mol. The lowest BCUT2D eigenvalue weighted by molar-refractivity contribution is 0.363. The minimum absolute atomic E-state index is 0.123. The molecule has 4 rings (SSSR count). The van der Waals surface area contributed by atoms with E-state index in [0.717, 1.165) is 22.8 Å². The van der Waals surface area contributed by atoms with E-state index in [1.807, 2.05) is 37.5 Å². The highest BCUT2D eigenvalue weighted by molar-refractivity contribution is 7.89. The van der Waals surface area contributed by atoms with Crippen LogP contribution < -0.4 is 4.74 Å². The molecule has 146 valence electrons. The first-order chi connectivity index (χ1) is 13.4. The summed E-state index contributed by atoms with van der Waals surface area (Å²) < 4.78 is 48.8. The van der Waals surface area contributed by atoms with Crippen molar-refractivity contribution in [1.29, 1.82) is 0 Å². The Bertz CT molecular complexity index is 1130. The Hall–Kier alpha value is -2.71. The van der Waals surface area contributed by atoms with Crippen molar-refractivity contribution in [2.45, 2.75) is 17.4 Å². The van der Waals surface area contributed by atoms with E-state index in [0.29, 0.717) is 0 Å². The molecule has 0 amide bonds. The van der Waals surface area contributed by atoms with Gasteiger partial charge >= 0.3 is 0 Å². The van der Waals surface area contributed by atoms with Crippen molar-refractivity contribution < 1.29 is 17.5 Å². The molecule has 6 nitrogen and oxygen atoms in total. The van der Waals surface area contributed by atoms with E-state index < -0.39 is 15.8 Å². The number of aryl methyl sites for hydroxylation is 1. The van der Waals surface area contributed by atoms with E-state index in [1.54, 1.807) is 10.9 Å². The molecule has 28 heavy (non-hydrogen) atoms. The molecule has 1 unspecified atom stereocenters. The average Bonchev–Trinajstić information content (AvgIpc) is 3.13. The van der Waals surface area contributed by atoms with Crippen molar-refractivity contribution in [2.24, 2.45) is 7.05 Å². The number of nitrogens with zero attached hydrogens (tertiary/aromatic N) is 3. The molecule has 8 heteroatoms. The van der Waals surface area contributed by atoms with Gasteiger partial charge in [0.15, 0.2) is 0 Å². The minimum atomic E-state index is -3.96. The molecular weight excluding hydrogens is 381 g/mol. The standard InChI is InChI=1S/C20H20FN3O3S/c1-23-11-15(10-22-23)18-13-24(12-14-5-3-4-6-17(14)18)28(25,26)20-9-16(21)7-8-19(20)27-2/h3-11,18H,12-13H2,1-2H3. The van der Waals surface area contributed by atoms with Crippen LogP contribution in [-0.4, -0.2) is 36.2 Å². The Kier molecular flexibility index (Phi) is 4.68. The Morgan fingerprint density at radius 2 is 2.00 bits per heavy atom. The summed E-state index contributed by atoms with van der Waals surface area (Å²) in [6, 6.07) is 11.3. The minimum Gasteiger partial charge on any atom is -0.495 e. The molecule has 1 aliphatic rings. The van der Waals surface area contributed by atoms with Gasteiger partial charge in [-0.25, -0.2) is 12.8 Å². The maximum Gasteiger partial charge on any atom is 0.247 e. The second-order valence-electron chi connectivity index (χ2n) is 6.79. The molecule has 0 radical (unpaired) electrons. The predicted molar refractivity (Wildman–Crippen MR) is 102 cm³/mol. The lowest BCUT2D eigenvalue weighted by atomic mass is 9.87. The fourth-order valence-electron chi connectivity index (χ4n) is 3.65. The maximum absolute atomic E-state index is 13.8. The molecule has 0 bridgehead atoms. The van der Waals surface area contributed by atoms with Gasteiger partial charge in [0.2, 0.25) is 10.0 Å². The zero-order valence-electron chi connectivity index (χ0n) is 15.5. The third-order valence-corrected chi connectivity index (χ3v) is 6.87. The topological polar surface area (TPSA) is 64.4 Å². The number of benzene rings is 2. The second kappa shape index (κ2) is 7.03. The van der Waals surface area contributed by atoms with Gasteiger partial charge in [0.1, 0.15) is 16.5 Å². The number of ether oxygens (including phenoxy) is 1. The summed E-state index contributed by atoms with van der Waals surface area (Å²) in [5.74, 6) is -0.660. The zero-order chi connectivity index (χ0) is 19.9. The molecule has 0 N–H and O–H groups in total. The molecule has 0 spiro atoms. The van der Waals surface area contributed by atoms with E-state index in [9.17, 15) is 12.8 Å². The first-order valence-electron chi connectivity index (χ1n) is 8.80. The van der Waals surface area contributed by atoms with Crippen molar-refractivity contribution in [1.82, 2.24) is 14.1 Å². The van der Waals surface area contributed by atoms with Crippen molar-refractivity contribution >= 4 is 10.0 Å². The molecule has 3 aromatic rings. The Balaban J connectivity index is 1.80. The van der Waals surface area contributed by atoms with Gasteiger partial charge < -0.3 is 4.74 Å². The Morgan fingerprint density at radius 3 is 2.71 bits per heavy atom. The number of methoxy groups -OCH3 is 1. The molecular formula is C20H20FN3O3S. The smallest absolute Gasteiger partial charge is 0.247 e. The lowest BCUT2D eigenvalue weighted by Crippen LogP contribution is -2.38. The third kappa shape index (κ3) is 3.18. The fraction of sp³-hybridized carbons (Fsp3) is 0.250. The summed E-state index contributed by atoms with van der Waals surface area (Å²) in [6.45, 7) is 0.458. The molecule has 1 aromatic heterocycles. The molecule has 0 fully saturated rings. The fourth-order valence-corrected chi connectivity index (χ4v) is 5.25. The van der Waals surface area contributed by atoms with Crippen LogP contribution in [0.5, 0.6) is 5.75 Å². The first-order valence-corrected chi connectivity index (χ1v) is 10.2. The van der Waals surface area contributed by atoms with Crippen LogP contribution in [0.25, 0.3) is 0 Å². The molecule has 0 saturated heterocycles. The highest BCUT2D eigenvalue weighted by Gasteiger charge is 2.36. The molecule has 0 saturated carbocycles. The van der Waals surface area contributed by atoms with Gasteiger partial charge in [-0.05, 0) is 34.9 Å². The first kappa shape index (κ1) is 18.6. The molecule has 1 atom stereocenters. The number of halogens is 1. The quantitative estimate of drug-likeness (QED) is 0.674. The lowest BCUT2D eigenvalue weighted by Gasteiger charge is -2.33. The van der Waals surface area contributed by atoms with Crippen molar-refractivity contribution in [2.75, 3.05) is 13.7 Å². The maximum atomic E-state index is 13.8. The molecule has 1 aliphatic heterocycles. The SMILES string of the molecule is COc1ccc(F)cc1S(=O)(=O)N1Cc2ccccc2C(c2cnn(C)c2)C1. The van der Waals surface area contributed by atoms with Gasteiger partial charge in [-0.2, -0.15) is 9.40 Å². The largest absolute Gasteiger partial charge is 0.495 e. The van der Waals surface area contributed by atoms with Crippen LogP contribution in [0.15, 0.2) is 59.8 Å². The van der Waals surface area contributed by atoms with Gasteiger partial charge in [-0.3, -0.25) is 4.68 Å². The molecule has 2 heterocycles. The summed E-state index contributed by atoms with van der Waals surface area (Å²) >= 11 is 0. The number of aromatic nitrogens is 2. The highest BCUT2D eigenvalue weighted by Crippen LogP contribution is 2.37. The van der Waals surface area contributed by atoms with Crippen LogP contribution in [0.3, 0.4) is 0 Å². The van der Waals surface area contributed by atoms with Crippen molar-refractivity contribution in [3.63, 3.8) is 0 Å². The van der Waals surface area contributed by atoms with Gasteiger partial charge in [-0.15, -0.1) is 0 Å². The normalized spacial score (nSPS) is 17.3. The van der Waals surface area contributed by atoms with E-state index >= 15 is 0 Å². The van der Waals surface area contributed by atoms with Crippen LogP contribution in [0.2, 0.25) is 0 Å². The summed E-state index contributed by atoms with van der Waals surface area (Å²) in [5.41, 5.74) is 2.93. The summed E-state index contributed by atoms with van der Waals surface area (Å²) in [6.07, 6.45) is 3.64. The van der Waals surface area contributed by atoms with Crippen LogP contribution in [0.4, 0.5) is 4.39 Å². The van der Waals surface area contributed by atoms with Crippen LogP contribution in [-0.2, 0) is 23.6 Å². The van der Waals surface area contributed by atoms with Crippen LogP contribution in [0, 0.1) is 5.82 Å². The van der Waals surface area contributed by atoms with E-state index in [1.165, 1.54) is 23.5 Å². The average molecular weight is 401 g/mol. The molecule has 0 aliphatic carbocycles. The van der Waals surface area contributed by atoms with E-state index in [4.69, 9.17) is 4.74 Å². The zero-order valence-corrected chi connectivity index (χ0v) is 16.4. The Labute approximate surface area is 163 Å². The van der Waals surface area contributed by atoms with Crippen LogP contribution >= 0.6 is 0 Å². The van der Waals surface area contributed by atoms with Crippen LogP contribution in [0.1, 0.15) is 22.6 Å². The number of fused-ring (bicyclic) bond motifs is 1. The number of hydrogen-bond acceptors (Lipinski definition) is 4. The van der Waals surface area contributed by atoms with Gasteiger partial charge in [0.25, 0.3) is 0 Å². The highest BCUT2D eigenvalue weighted by atomic mass is 32.2. The van der Waals surface area contributed by atoms with Gasteiger partial charge in [-0.1, -0.05) is 24.3 Å². The summed E-state index contributed by atoms with van der Waals surface area (Å²) in [5, 5.41) is 4.23. The predicted octanol–water partition coefficient (Wildman–Crippen LogP) is 2.90. The van der Waals surface area contributed by atoms with Crippen molar-refractivity contribution in [3.05, 3.63) is 77.4 Å². The third-order valence-electron chi connectivity index (χ3n) is 5.03. The summed E-state index contributed by atoms with van der Waals surface area (Å²) in [7, 11) is -0.768. The van der Waals surface area contributed by atoms with Crippen molar-refractivity contribution in [3.8, 4) is 5.75 Å². The van der Waals surface area contributed by atoms with Gasteiger partial charge in [0, 0.05) is 32.3 Å². The summed E-state index contributed by atoms with van der Waals surface area (Å²) in [4.78, 5) is -0.167. The molecule has 2 aromatic carbocycles. The van der Waals surface area contributed by atoms with Gasteiger partial charge in [0.05, 0.1) is 13.3 Å². The Morgan fingerprint density at radius 1 is 1.21 bits per heavy atom. The van der Waals surface area contributed by atoms with E-state index in [2.05, 4.69) is 5.10 Å². The number of sulfonamides is 1.